The van der Waals surface area contributed by atoms with Crippen LogP contribution in [0.1, 0.15) is 64.4 Å². The largest absolute Gasteiger partial charge is 0.458 e. The normalized spacial score (nSPS) is 14.9. The Morgan fingerprint density at radius 2 is 1.22 bits per heavy atom. The van der Waals surface area contributed by atoms with Crippen molar-refractivity contribution in [3.05, 3.63) is 29.1 Å². The highest BCUT2D eigenvalue weighted by atomic mass is 31.1. The summed E-state index contributed by atoms with van der Waals surface area (Å²) < 4.78 is 196. The molecular weight excluding hydrogens is 549 g/mol. The lowest BCUT2D eigenvalue weighted by molar-refractivity contribution is -0.291. The van der Waals surface area contributed by atoms with Crippen molar-refractivity contribution in [1.29, 1.82) is 0 Å². The summed E-state index contributed by atoms with van der Waals surface area (Å²) in [5.41, 5.74) is -9.22. The minimum atomic E-state index is -6.73. The molecule has 1 atom stereocenters. The van der Waals surface area contributed by atoms with Crippen LogP contribution in [-0.2, 0) is 5.92 Å². The molecule has 0 fully saturated rings. The maximum atomic E-state index is 15.0. The molecule has 0 saturated heterocycles. The number of hydrogen-bond donors (Lipinski definition) is 0. The van der Waals surface area contributed by atoms with E-state index in [9.17, 15) is 52.7 Å². The quantitative estimate of drug-likeness (QED) is 0.0956. The van der Waals surface area contributed by atoms with Crippen molar-refractivity contribution in [2.75, 3.05) is 6.16 Å². The predicted octanol–water partition coefficient (Wildman–Crippen LogP) is 9.50. The topological polar surface area (TPSA) is 0 Å². The fraction of sp³-hybridized carbons (Fsp3) is 0.714. The van der Waals surface area contributed by atoms with Gasteiger partial charge in [-0.2, -0.15) is 48.3 Å². The zero-order chi connectivity index (χ0) is 28.3. The third-order valence-corrected chi connectivity index (χ3v) is 7.98. The van der Waals surface area contributed by atoms with E-state index in [0.717, 1.165) is 0 Å². The first-order valence-electron chi connectivity index (χ1n) is 10.8. The van der Waals surface area contributed by atoms with Gasteiger partial charge in [0.2, 0.25) is 0 Å². The molecule has 0 aliphatic carbocycles. The van der Waals surface area contributed by atoms with Crippen LogP contribution >= 0.6 is 7.92 Å². The van der Waals surface area contributed by atoms with Crippen molar-refractivity contribution in [3.8, 4) is 0 Å². The summed E-state index contributed by atoms with van der Waals surface area (Å²) >= 11 is 0. The highest BCUT2D eigenvalue weighted by Gasteiger charge is 2.73. The molecule has 0 spiro atoms. The number of unbranched alkanes of at least 4 members (excludes halogenated alkanes) is 4. The minimum absolute atomic E-state index is 0.0218. The van der Waals surface area contributed by atoms with Crippen LogP contribution in [0.2, 0.25) is 0 Å². The Morgan fingerprint density at radius 1 is 0.694 bits per heavy atom. The van der Waals surface area contributed by atoms with Crippen molar-refractivity contribution in [2.45, 2.75) is 88.4 Å². The molecule has 0 aliphatic rings. The Hall–Kier alpha value is -1.33. The van der Waals surface area contributed by atoms with Gasteiger partial charge in [0, 0.05) is 19.6 Å². The third kappa shape index (κ3) is 6.20. The molecule has 0 amide bonds. The first-order valence-corrected chi connectivity index (χ1v) is 12.3. The molecule has 1 rings (SSSR count). The van der Waals surface area contributed by atoms with Crippen molar-refractivity contribution in [1.82, 2.24) is 0 Å². The fourth-order valence-electron chi connectivity index (χ4n) is 3.25. The van der Waals surface area contributed by atoms with Crippen LogP contribution in [0, 0.1) is 17.5 Å². The number of rotatable bonds is 13. The zero-order valence-corrected chi connectivity index (χ0v) is 19.9. The number of hydrogen-bond acceptors (Lipinski definition) is 0. The maximum Gasteiger partial charge on any atom is 0.458 e. The van der Waals surface area contributed by atoms with E-state index in [2.05, 4.69) is 0 Å². The van der Waals surface area contributed by atoms with Crippen LogP contribution in [0.4, 0.5) is 61.5 Å². The van der Waals surface area contributed by atoms with Crippen LogP contribution in [0.5, 0.6) is 0 Å². The summed E-state index contributed by atoms with van der Waals surface area (Å²) in [4.78, 5) is 0. The average molecular weight is 572 g/mol. The molecule has 0 aliphatic heterocycles. The van der Waals surface area contributed by atoms with E-state index in [4.69, 9.17) is 0 Å². The lowest BCUT2D eigenvalue weighted by Gasteiger charge is -2.38. The summed E-state index contributed by atoms with van der Waals surface area (Å²) in [7, 11) is -4.37. The molecule has 0 nitrogen and oxygen atoms in total. The van der Waals surface area contributed by atoms with E-state index in [1.165, 1.54) is 6.92 Å². The van der Waals surface area contributed by atoms with Crippen molar-refractivity contribution in [3.63, 3.8) is 0 Å². The molecule has 0 heterocycles. The van der Waals surface area contributed by atoms with Gasteiger partial charge in [-0.3, -0.25) is 0 Å². The van der Waals surface area contributed by atoms with E-state index in [0.29, 0.717) is 12.8 Å². The Morgan fingerprint density at radius 3 is 1.69 bits per heavy atom. The molecular formula is C21H23F14P. The van der Waals surface area contributed by atoms with Gasteiger partial charge in [-0.1, -0.05) is 39.5 Å². The minimum Gasteiger partial charge on any atom is -0.206 e. The second-order valence-electron chi connectivity index (χ2n) is 8.09. The van der Waals surface area contributed by atoms with Gasteiger partial charge in [0.1, 0.15) is 11.4 Å². The van der Waals surface area contributed by atoms with Crippen LogP contribution in [0.3, 0.4) is 0 Å². The molecule has 1 aromatic rings. The summed E-state index contributed by atoms with van der Waals surface area (Å²) in [5.74, 6) is -26.9. The van der Waals surface area contributed by atoms with Gasteiger partial charge in [-0.15, -0.1) is 0 Å². The van der Waals surface area contributed by atoms with Crippen LogP contribution < -0.4 is 5.30 Å². The lowest BCUT2D eigenvalue weighted by Crippen LogP contribution is -2.54. The average Bonchev–Trinajstić information content (AvgIpc) is 2.73. The Balaban J connectivity index is 3.76. The fourth-order valence-corrected chi connectivity index (χ4v) is 5.83. The number of benzene rings is 1. The van der Waals surface area contributed by atoms with Gasteiger partial charge in [0.15, 0.2) is 11.6 Å². The highest BCUT2D eigenvalue weighted by molar-refractivity contribution is 7.66. The SMILES string of the molecule is CCCCCCC(F)(F)C(F)(F)C(F)(F)P(CCCC)c1cc(F)c(F)c(C(F)(F)C(F)(F)F)c1F. The van der Waals surface area contributed by atoms with Crippen LogP contribution in [0.15, 0.2) is 6.07 Å². The monoisotopic (exact) mass is 572 g/mol. The first kappa shape index (κ1) is 32.7. The maximum absolute atomic E-state index is 15.0. The van der Waals surface area contributed by atoms with Crippen molar-refractivity contribution >= 4 is 13.2 Å². The van der Waals surface area contributed by atoms with Gasteiger partial charge >= 0.3 is 29.6 Å². The van der Waals surface area contributed by atoms with Crippen LogP contribution in [0.25, 0.3) is 0 Å². The molecule has 1 aromatic carbocycles. The molecule has 1 unspecified atom stereocenters. The number of alkyl halides is 11. The standard InChI is InChI=1S/C21H23F14P/c1-3-5-7-8-9-17(25,26)19(29,30)21(34,35)36(10-6-4-2)13-11-12(22)15(23)14(16(13)24)18(27,28)20(31,32)33/h11H,3-10H2,1-2H3. The van der Waals surface area contributed by atoms with Gasteiger partial charge in [0.05, 0.1) is 0 Å². The first-order chi connectivity index (χ1) is 16.2. The Bertz CT molecular complexity index is 878. The van der Waals surface area contributed by atoms with E-state index in [1.807, 2.05) is 0 Å². The smallest absolute Gasteiger partial charge is 0.206 e. The van der Waals surface area contributed by atoms with Gasteiger partial charge in [0.25, 0.3) is 0 Å². The third-order valence-electron chi connectivity index (χ3n) is 5.35. The second kappa shape index (κ2) is 11.6. The predicted molar refractivity (Wildman–Crippen MR) is 106 cm³/mol. The Kier molecular flexibility index (Phi) is 10.5. The molecule has 210 valence electrons. The number of halogens is 14. The van der Waals surface area contributed by atoms with Gasteiger partial charge < -0.3 is 0 Å². The van der Waals surface area contributed by atoms with Gasteiger partial charge in [-0.25, -0.2) is 13.2 Å². The van der Waals surface area contributed by atoms with Crippen molar-refractivity contribution < 1.29 is 61.5 Å². The molecule has 0 bridgehead atoms. The molecule has 36 heavy (non-hydrogen) atoms. The van der Waals surface area contributed by atoms with E-state index in [-0.39, 0.29) is 12.8 Å². The van der Waals surface area contributed by atoms with Gasteiger partial charge in [-0.05, 0) is 25.1 Å². The molecule has 15 heteroatoms. The Labute approximate surface area is 199 Å². The molecule has 0 saturated carbocycles. The summed E-state index contributed by atoms with van der Waals surface area (Å²) in [6.07, 6.45) is -10.2. The summed E-state index contributed by atoms with van der Waals surface area (Å²) in [5, 5.41) is -2.14. The van der Waals surface area contributed by atoms with E-state index >= 15 is 8.78 Å². The highest BCUT2D eigenvalue weighted by Crippen LogP contribution is 2.64. The lowest BCUT2D eigenvalue weighted by atomic mass is 10.0. The van der Waals surface area contributed by atoms with E-state index in [1.54, 1.807) is 6.92 Å². The zero-order valence-electron chi connectivity index (χ0n) is 19.0. The summed E-state index contributed by atoms with van der Waals surface area (Å²) in [6.45, 7) is 2.94. The molecule has 0 radical (unpaired) electrons. The summed E-state index contributed by atoms with van der Waals surface area (Å²) in [6, 6.07) is -0.564. The van der Waals surface area contributed by atoms with Crippen LogP contribution in [-0.4, -0.2) is 29.8 Å². The van der Waals surface area contributed by atoms with E-state index < -0.39 is 97.3 Å². The van der Waals surface area contributed by atoms with Crippen molar-refractivity contribution in [2.24, 2.45) is 0 Å². The molecule has 0 aromatic heterocycles. The molecule has 0 N–H and O–H groups in total. The second-order valence-corrected chi connectivity index (χ2v) is 10.4.